The summed E-state index contributed by atoms with van der Waals surface area (Å²) in [5.74, 6) is 0.0595. The molecule has 1 saturated heterocycles. The van der Waals surface area contributed by atoms with Crippen molar-refractivity contribution in [3.63, 3.8) is 0 Å². The summed E-state index contributed by atoms with van der Waals surface area (Å²) in [5.41, 5.74) is 2.06. The van der Waals surface area contributed by atoms with Crippen LogP contribution in [0.25, 0.3) is 0 Å². The normalized spacial score (nSPS) is 19.5. The van der Waals surface area contributed by atoms with Crippen molar-refractivity contribution in [2.24, 2.45) is 0 Å². The zero-order valence-electron chi connectivity index (χ0n) is 14.8. The van der Waals surface area contributed by atoms with Crippen molar-refractivity contribution < 1.29 is 14.3 Å². The van der Waals surface area contributed by atoms with Crippen LogP contribution in [0.1, 0.15) is 46.0 Å². The van der Waals surface area contributed by atoms with Gasteiger partial charge in [0.25, 0.3) is 0 Å². The third-order valence-electron chi connectivity index (χ3n) is 3.93. The number of likely N-dealkylation sites (N-methyl/N-ethyl adjacent to an activating group) is 1. The van der Waals surface area contributed by atoms with Gasteiger partial charge in [0.05, 0.1) is 6.61 Å². The molecule has 0 radical (unpaired) electrons. The molecule has 0 N–H and O–H groups in total. The second kappa shape index (κ2) is 11.2. The summed E-state index contributed by atoms with van der Waals surface area (Å²) < 4.78 is 11.2. The fourth-order valence-corrected chi connectivity index (χ4v) is 2.42. The molecule has 23 heavy (non-hydrogen) atoms. The van der Waals surface area contributed by atoms with Crippen molar-refractivity contribution in [2.45, 2.75) is 52.2 Å². The van der Waals surface area contributed by atoms with Crippen molar-refractivity contribution >= 4 is 5.91 Å². The maximum atomic E-state index is 12.0. The van der Waals surface area contributed by atoms with E-state index in [-0.39, 0.29) is 12.2 Å². The smallest absolute Gasteiger partial charge is 0.249 e. The van der Waals surface area contributed by atoms with E-state index < -0.39 is 0 Å². The molecule has 0 bridgehead atoms. The van der Waals surface area contributed by atoms with Crippen molar-refractivity contribution in [3.8, 4) is 0 Å². The lowest BCUT2D eigenvalue weighted by Crippen LogP contribution is -2.27. The van der Waals surface area contributed by atoms with Crippen LogP contribution in [-0.2, 0) is 14.3 Å². The van der Waals surface area contributed by atoms with Crippen LogP contribution in [-0.4, -0.2) is 43.9 Å². The SMILES string of the molecule is C=CCN(C)C(=O)C(C)=CCCC(C)=CCOC1CCCCO1. The predicted molar refractivity (Wildman–Crippen MR) is 94.1 cm³/mol. The molecule has 4 nitrogen and oxygen atoms in total. The van der Waals surface area contributed by atoms with Crippen LogP contribution in [0.3, 0.4) is 0 Å². The van der Waals surface area contributed by atoms with Gasteiger partial charge in [0.2, 0.25) is 5.91 Å². The lowest BCUT2D eigenvalue weighted by molar-refractivity contribution is -0.155. The van der Waals surface area contributed by atoms with Gasteiger partial charge < -0.3 is 14.4 Å². The van der Waals surface area contributed by atoms with Gasteiger partial charge in [0.1, 0.15) is 0 Å². The second-order valence-corrected chi connectivity index (χ2v) is 6.08. The van der Waals surface area contributed by atoms with Crippen LogP contribution in [0.5, 0.6) is 0 Å². The van der Waals surface area contributed by atoms with E-state index in [1.54, 1.807) is 18.0 Å². The molecule has 0 saturated carbocycles. The first-order chi connectivity index (χ1) is 11.0. The molecule has 1 amide bonds. The molecule has 1 heterocycles. The van der Waals surface area contributed by atoms with Gasteiger partial charge in [-0.15, -0.1) is 6.58 Å². The molecule has 0 aliphatic carbocycles. The summed E-state index contributed by atoms with van der Waals surface area (Å²) in [6.07, 6.45) is 10.9. The van der Waals surface area contributed by atoms with Crippen molar-refractivity contribution in [1.29, 1.82) is 0 Å². The number of carbonyl (C=O) groups is 1. The lowest BCUT2D eigenvalue weighted by Gasteiger charge is -2.22. The van der Waals surface area contributed by atoms with E-state index in [4.69, 9.17) is 9.47 Å². The van der Waals surface area contributed by atoms with E-state index in [1.165, 1.54) is 12.0 Å². The first kappa shape index (κ1) is 19.7. The van der Waals surface area contributed by atoms with Gasteiger partial charge in [-0.2, -0.15) is 0 Å². The molecule has 0 aromatic carbocycles. The molecule has 1 rings (SSSR count). The largest absolute Gasteiger partial charge is 0.353 e. The van der Waals surface area contributed by atoms with Crippen molar-refractivity contribution in [2.75, 3.05) is 26.8 Å². The summed E-state index contributed by atoms with van der Waals surface area (Å²) in [5, 5.41) is 0. The zero-order valence-corrected chi connectivity index (χ0v) is 14.8. The number of allylic oxidation sites excluding steroid dienone is 2. The Labute approximate surface area is 140 Å². The molecule has 1 fully saturated rings. The van der Waals surface area contributed by atoms with Gasteiger partial charge in [-0.1, -0.05) is 23.8 Å². The minimum Gasteiger partial charge on any atom is -0.353 e. The Hall–Kier alpha value is -1.39. The Balaban J connectivity index is 2.26. The minimum atomic E-state index is -0.0343. The Morgan fingerprint density at radius 1 is 1.35 bits per heavy atom. The maximum absolute atomic E-state index is 12.0. The summed E-state index contributed by atoms with van der Waals surface area (Å²) in [4.78, 5) is 13.7. The molecule has 1 aliphatic rings. The Morgan fingerprint density at radius 3 is 2.78 bits per heavy atom. The third kappa shape index (κ3) is 8.14. The number of nitrogens with zero attached hydrogens (tertiary/aromatic N) is 1. The van der Waals surface area contributed by atoms with Crippen LogP contribution < -0.4 is 0 Å². The second-order valence-electron chi connectivity index (χ2n) is 6.08. The highest BCUT2D eigenvalue weighted by Crippen LogP contribution is 2.14. The zero-order chi connectivity index (χ0) is 17.1. The standard InChI is InChI=1S/C19H31NO3/c1-5-13-20(4)19(21)17(3)10-8-9-16(2)12-15-23-18-11-6-7-14-22-18/h5,10,12,18H,1,6-9,11,13-15H2,2-4H3. The first-order valence-corrected chi connectivity index (χ1v) is 8.46. The number of amides is 1. The monoisotopic (exact) mass is 321 g/mol. The minimum absolute atomic E-state index is 0.0343. The Morgan fingerprint density at radius 2 is 2.13 bits per heavy atom. The molecular weight excluding hydrogens is 290 g/mol. The van der Waals surface area contributed by atoms with Crippen LogP contribution in [0.2, 0.25) is 0 Å². The lowest BCUT2D eigenvalue weighted by atomic mass is 10.1. The van der Waals surface area contributed by atoms with E-state index in [9.17, 15) is 4.79 Å². The molecular formula is C19H31NO3. The summed E-state index contributed by atoms with van der Waals surface area (Å²) in [7, 11) is 1.79. The van der Waals surface area contributed by atoms with E-state index in [0.29, 0.717) is 13.2 Å². The van der Waals surface area contributed by atoms with Gasteiger partial charge in [-0.05, 0) is 46.0 Å². The average Bonchev–Trinajstić information content (AvgIpc) is 2.55. The third-order valence-corrected chi connectivity index (χ3v) is 3.93. The Kier molecular flexibility index (Phi) is 9.57. The molecule has 4 heteroatoms. The number of ether oxygens (including phenoxy) is 2. The molecule has 0 spiro atoms. The molecule has 130 valence electrons. The predicted octanol–water partition coefficient (Wildman–Crippen LogP) is 3.85. The van der Waals surface area contributed by atoms with Gasteiger partial charge >= 0.3 is 0 Å². The van der Waals surface area contributed by atoms with Crippen LogP contribution >= 0.6 is 0 Å². The maximum Gasteiger partial charge on any atom is 0.249 e. The molecule has 1 unspecified atom stereocenters. The van der Waals surface area contributed by atoms with Crippen molar-refractivity contribution in [1.82, 2.24) is 4.90 Å². The fraction of sp³-hybridized carbons (Fsp3) is 0.632. The van der Waals surface area contributed by atoms with E-state index >= 15 is 0 Å². The van der Waals surface area contributed by atoms with Gasteiger partial charge in [0, 0.05) is 25.8 Å². The Bertz CT molecular complexity index is 434. The van der Waals surface area contributed by atoms with E-state index in [2.05, 4.69) is 19.6 Å². The van der Waals surface area contributed by atoms with Crippen molar-refractivity contribution in [3.05, 3.63) is 36.0 Å². The summed E-state index contributed by atoms with van der Waals surface area (Å²) in [6, 6.07) is 0. The number of carbonyl (C=O) groups excluding carboxylic acids is 1. The quantitative estimate of drug-likeness (QED) is 0.478. The molecule has 0 aromatic heterocycles. The highest BCUT2D eigenvalue weighted by atomic mass is 16.7. The molecule has 1 atom stereocenters. The van der Waals surface area contributed by atoms with Crippen LogP contribution in [0, 0.1) is 0 Å². The van der Waals surface area contributed by atoms with Gasteiger partial charge in [-0.25, -0.2) is 0 Å². The number of hydrogen-bond donors (Lipinski definition) is 0. The van der Waals surface area contributed by atoms with Gasteiger partial charge in [0.15, 0.2) is 6.29 Å². The summed E-state index contributed by atoms with van der Waals surface area (Å²) >= 11 is 0. The summed E-state index contributed by atoms with van der Waals surface area (Å²) in [6.45, 7) is 9.59. The van der Waals surface area contributed by atoms with Crippen LogP contribution in [0.15, 0.2) is 36.0 Å². The average molecular weight is 321 g/mol. The van der Waals surface area contributed by atoms with Crippen LogP contribution in [0.4, 0.5) is 0 Å². The van der Waals surface area contributed by atoms with E-state index in [1.807, 2.05) is 13.0 Å². The number of hydrogen-bond acceptors (Lipinski definition) is 3. The fourth-order valence-electron chi connectivity index (χ4n) is 2.42. The van der Waals surface area contributed by atoms with E-state index in [0.717, 1.165) is 37.9 Å². The molecule has 0 aromatic rings. The van der Waals surface area contributed by atoms with Gasteiger partial charge in [-0.3, -0.25) is 4.79 Å². The highest BCUT2D eigenvalue weighted by molar-refractivity contribution is 5.92. The molecule has 1 aliphatic heterocycles. The first-order valence-electron chi connectivity index (χ1n) is 8.46. The number of rotatable bonds is 9. The highest BCUT2D eigenvalue weighted by Gasteiger charge is 2.13. The topological polar surface area (TPSA) is 38.8 Å².